The molecule has 112 valence electrons. The molecule has 0 fully saturated rings. The van der Waals surface area contributed by atoms with Crippen LogP contribution in [0.15, 0.2) is 53.4 Å². The third-order valence-corrected chi connectivity index (χ3v) is 4.44. The van der Waals surface area contributed by atoms with Gasteiger partial charge in [-0.2, -0.15) is 0 Å². The average molecular weight is 306 g/mol. The molecule has 0 heterocycles. The van der Waals surface area contributed by atoms with Crippen molar-refractivity contribution >= 4 is 10.0 Å². The molecule has 0 aliphatic carbocycles. The van der Waals surface area contributed by atoms with E-state index in [0.29, 0.717) is 24.6 Å². The second-order valence-corrected chi connectivity index (χ2v) is 6.13. The van der Waals surface area contributed by atoms with E-state index in [0.717, 1.165) is 5.56 Å². The van der Waals surface area contributed by atoms with Gasteiger partial charge in [-0.05, 0) is 29.8 Å². The van der Waals surface area contributed by atoms with Gasteiger partial charge in [0.05, 0.1) is 0 Å². The first-order valence-electron chi connectivity index (χ1n) is 6.62. The van der Waals surface area contributed by atoms with Crippen molar-refractivity contribution in [3.05, 3.63) is 54.1 Å². The minimum Gasteiger partial charge on any atom is -0.456 e. The van der Waals surface area contributed by atoms with Crippen LogP contribution in [0.5, 0.6) is 11.5 Å². The van der Waals surface area contributed by atoms with Crippen molar-refractivity contribution in [2.45, 2.75) is 18.4 Å². The van der Waals surface area contributed by atoms with Gasteiger partial charge in [-0.25, -0.2) is 13.1 Å². The van der Waals surface area contributed by atoms with Crippen molar-refractivity contribution in [2.24, 2.45) is 5.73 Å². The number of ether oxygens (including phenoxy) is 1. The summed E-state index contributed by atoms with van der Waals surface area (Å²) in [6.45, 7) is 2.50. The van der Waals surface area contributed by atoms with E-state index in [4.69, 9.17) is 10.5 Å². The Hall–Kier alpha value is -1.89. The Bertz CT molecular complexity index is 697. The second kappa shape index (κ2) is 6.71. The Labute approximate surface area is 124 Å². The summed E-state index contributed by atoms with van der Waals surface area (Å²) < 4.78 is 32.4. The van der Waals surface area contributed by atoms with Crippen LogP contribution >= 0.6 is 0 Å². The van der Waals surface area contributed by atoms with Crippen molar-refractivity contribution in [3.63, 3.8) is 0 Å². The van der Waals surface area contributed by atoms with E-state index in [-0.39, 0.29) is 4.90 Å². The van der Waals surface area contributed by atoms with Crippen molar-refractivity contribution in [1.29, 1.82) is 0 Å². The molecule has 0 saturated carbocycles. The highest BCUT2D eigenvalue weighted by Gasteiger charge is 2.18. The van der Waals surface area contributed by atoms with Crippen LogP contribution in [0.2, 0.25) is 0 Å². The van der Waals surface area contributed by atoms with Crippen LogP contribution in [0.1, 0.15) is 12.5 Å². The van der Waals surface area contributed by atoms with Gasteiger partial charge in [-0.15, -0.1) is 0 Å². The van der Waals surface area contributed by atoms with E-state index in [2.05, 4.69) is 4.72 Å². The number of rotatable bonds is 6. The van der Waals surface area contributed by atoms with Gasteiger partial charge >= 0.3 is 0 Å². The van der Waals surface area contributed by atoms with E-state index in [9.17, 15) is 8.42 Å². The second-order valence-electron chi connectivity index (χ2n) is 4.40. The zero-order chi connectivity index (χ0) is 15.3. The van der Waals surface area contributed by atoms with Gasteiger partial charge < -0.3 is 10.5 Å². The molecule has 2 rings (SSSR count). The van der Waals surface area contributed by atoms with E-state index >= 15 is 0 Å². The Balaban J connectivity index is 2.32. The minimum absolute atomic E-state index is 0.120. The van der Waals surface area contributed by atoms with Gasteiger partial charge in [0.15, 0.2) is 0 Å². The lowest BCUT2D eigenvalue weighted by atomic mass is 10.2. The fourth-order valence-corrected chi connectivity index (χ4v) is 3.01. The highest BCUT2D eigenvalue weighted by Crippen LogP contribution is 2.28. The third kappa shape index (κ3) is 3.81. The molecule has 0 aliphatic rings. The molecule has 0 saturated heterocycles. The van der Waals surface area contributed by atoms with Crippen molar-refractivity contribution in [2.75, 3.05) is 6.54 Å². The summed E-state index contributed by atoms with van der Waals surface area (Å²) >= 11 is 0. The number of sulfonamides is 1. The highest BCUT2D eigenvalue weighted by atomic mass is 32.2. The highest BCUT2D eigenvalue weighted by molar-refractivity contribution is 7.89. The van der Waals surface area contributed by atoms with E-state index < -0.39 is 10.0 Å². The minimum atomic E-state index is -3.57. The molecule has 3 N–H and O–H groups in total. The molecule has 0 unspecified atom stereocenters. The average Bonchev–Trinajstić information content (AvgIpc) is 2.48. The number of hydrogen-bond acceptors (Lipinski definition) is 4. The third-order valence-electron chi connectivity index (χ3n) is 2.86. The molecule has 21 heavy (non-hydrogen) atoms. The van der Waals surface area contributed by atoms with E-state index in [1.54, 1.807) is 37.3 Å². The molecule has 0 amide bonds. The first-order chi connectivity index (χ1) is 10.1. The van der Waals surface area contributed by atoms with Crippen LogP contribution in [0.4, 0.5) is 0 Å². The first-order valence-corrected chi connectivity index (χ1v) is 8.10. The zero-order valence-electron chi connectivity index (χ0n) is 11.7. The summed E-state index contributed by atoms with van der Waals surface area (Å²) in [4.78, 5) is 0.120. The summed E-state index contributed by atoms with van der Waals surface area (Å²) in [5.74, 6) is 0.852. The number of benzene rings is 2. The Morgan fingerprint density at radius 1 is 1.10 bits per heavy atom. The molecule has 2 aromatic rings. The summed E-state index contributed by atoms with van der Waals surface area (Å²) in [6.07, 6.45) is 0. The number of para-hydroxylation sites is 1. The summed E-state index contributed by atoms with van der Waals surface area (Å²) in [5, 5.41) is 0. The summed E-state index contributed by atoms with van der Waals surface area (Å²) in [7, 11) is -3.57. The normalized spacial score (nSPS) is 11.3. The maximum Gasteiger partial charge on any atom is 0.244 e. The largest absolute Gasteiger partial charge is 0.456 e. The van der Waals surface area contributed by atoms with Crippen LogP contribution in [-0.2, 0) is 16.6 Å². The Kier molecular flexibility index (Phi) is 4.95. The molecule has 5 nitrogen and oxygen atoms in total. The molecule has 0 atom stereocenters. The molecule has 0 spiro atoms. The topological polar surface area (TPSA) is 81.4 Å². The van der Waals surface area contributed by atoms with Gasteiger partial charge in [0.2, 0.25) is 10.0 Å². The maximum atomic E-state index is 12.1. The predicted molar refractivity (Wildman–Crippen MR) is 81.7 cm³/mol. The molecule has 0 bridgehead atoms. The number of nitrogens with two attached hydrogens (primary N) is 1. The van der Waals surface area contributed by atoms with E-state index in [1.165, 1.54) is 6.07 Å². The van der Waals surface area contributed by atoms with Crippen molar-refractivity contribution < 1.29 is 13.2 Å². The number of hydrogen-bond donors (Lipinski definition) is 2. The number of nitrogens with one attached hydrogen (secondary N) is 1. The van der Waals surface area contributed by atoms with Crippen LogP contribution < -0.4 is 15.2 Å². The molecule has 2 aromatic carbocycles. The Morgan fingerprint density at radius 3 is 2.38 bits per heavy atom. The SMILES string of the molecule is CCNS(=O)(=O)c1ccccc1Oc1ccc(CN)cc1. The Morgan fingerprint density at radius 2 is 1.76 bits per heavy atom. The fourth-order valence-electron chi connectivity index (χ4n) is 1.84. The fraction of sp³-hybridized carbons (Fsp3) is 0.200. The zero-order valence-corrected chi connectivity index (χ0v) is 12.6. The summed E-state index contributed by atoms with van der Waals surface area (Å²) in [6, 6.07) is 13.7. The molecule has 6 heteroatoms. The van der Waals surface area contributed by atoms with Crippen LogP contribution in [0.3, 0.4) is 0 Å². The quantitative estimate of drug-likeness (QED) is 0.857. The first kappa shape index (κ1) is 15.5. The van der Waals surface area contributed by atoms with Gasteiger partial charge in [-0.3, -0.25) is 0 Å². The predicted octanol–water partition coefficient (Wildman–Crippen LogP) is 2.24. The van der Waals surface area contributed by atoms with Crippen molar-refractivity contribution in [3.8, 4) is 11.5 Å². The van der Waals surface area contributed by atoms with Gasteiger partial charge in [0.1, 0.15) is 16.4 Å². The van der Waals surface area contributed by atoms with Crippen molar-refractivity contribution in [1.82, 2.24) is 4.72 Å². The van der Waals surface area contributed by atoms with Gasteiger partial charge in [0.25, 0.3) is 0 Å². The molecular formula is C15H18N2O3S. The lowest BCUT2D eigenvalue weighted by Gasteiger charge is -2.12. The van der Waals surface area contributed by atoms with Crippen LogP contribution in [0, 0.1) is 0 Å². The lowest BCUT2D eigenvalue weighted by molar-refractivity contribution is 0.466. The van der Waals surface area contributed by atoms with Gasteiger partial charge in [-0.1, -0.05) is 31.2 Å². The monoisotopic (exact) mass is 306 g/mol. The van der Waals surface area contributed by atoms with E-state index in [1.807, 2.05) is 12.1 Å². The maximum absolute atomic E-state index is 12.1. The lowest BCUT2D eigenvalue weighted by Crippen LogP contribution is -2.23. The standard InChI is InChI=1S/C15H18N2O3S/c1-2-17-21(18,19)15-6-4-3-5-14(15)20-13-9-7-12(11-16)8-10-13/h3-10,17H,2,11,16H2,1H3. The smallest absolute Gasteiger partial charge is 0.244 e. The van der Waals surface area contributed by atoms with Crippen LogP contribution in [-0.4, -0.2) is 15.0 Å². The van der Waals surface area contributed by atoms with Gasteiger partial charge in [0, 0.05) is 13.1 Å². The molecular weight excluding hydrogens is 288 g/mol. The molecule has 0 radical (unpaired) electrons. The van der Waals surface area contributed by atoms with Crippen LogP contribution in [0.25, 0.3) is 0 Å². The molecule has 0 aromatic heterocycles. The molecule has 0 aliphatic heterocycles. The summed E-state index contributed by atoms with van der Waals surface area (Å²) in [5.41, 5.74) is 6.52.